The lowest BCUT2D eigenvalue weighted by molar-refractivity contribution is -0.259. The van der Waals surface area contributed by atoms with Crippen molar-refractivity contribution in [1.29, 1.82) is 0 Å². The van der Waals surface area contributed by atoms with Crippen LogP contribution in [0.25, 0.3) is 0 Å². The summed E-state index contributed by atoms with van der Waals surface area (Å²) in [5.41, 5.74) is 0.0590. The predicted molar refractivity (Wildman–Crippen MR) is 175 cm³/mol. The third-order valence-corrected chi connectivity index (χ3v) is 19.2. The summed E-state index contributed by atoms with van der Waals surface area (Å²) in [5, 5.41) is 12.0. The summed E-state index contributed by atoms with van der Waals surface area (Å²) in [6.07, 6.45) is -1.12. The lowest BCUT2D eigenvalue weighted by Gasteiger charge is -2.53. The molecular weight excluding hydrogens is 613 g/mol. The Morgan fingerprint density at radius 1 is 1.02 bits per heavy atom. The summed E-state index contributed by atoms with van der Waals surface area (Å²) in [4.78, 5) is 27.0. The van der Waals surface area contributed by atoms with Crippen LogP contribution in [0, 0.1) is 6.92 Å². The third kappa shape index (κ3) is 6.46. The van der Waals surface area contributed by atoms with Crippen LogP contribution in [0.1, 0.15) is 72.7 Å². The molecule has 250 valence electrons. The number of nitrogens with zero attached hydrogens (tertiary/aromatic N) is 2. The van der Waals surface area contributed by atoms with Crippen molar-refractivity contribution in [3.05, 3.63) is 81.3 Å². The van der Waals surface area contributed by atoms with Gasteiger partial charge >= 0.3 is 22.8 Å². The molecule has 3 heterocycles. The van der Waals surface area contributed by atoms with Crippen LogP contribution in [0.2, 0.25) is 22.2 Å². The number of fused-ring (bicyclic) bond motifs is 1. The molecule has 2 aliphatic heterocycles. The van der Waals surface area contributed by atoms with Crippen molar-refractivity contribution >= 4 is 17.1 Å². The van der Waals surface area contributed by atoms with E-state index in [0.717, 1.165) is 10.1 Å². The van der Waals surface area contributed by atoms with Crippen LogP contribution < -0.4 is 11.2 Å². The second-order valence-electron chi connectivity index (χ2n) is 13.3. The molecule has 13 heteroatoms. The first-order valence-corrected chi connectivity index (χ1v) is 19.7. The molecule has 0 aliphatic carbocycles. The van der Waals surface area contributed by atoms with Crippen LogP contribution in [-0.2, 0) is 40.5 Å². The number of hydrogen-bond donors (Lipinski definition) is 1. The zero-order chi connectivity index (χ0) is 33.3. The number of aromatic nitrogens is 2. The zero-order valence-electron chi connectivity index (χ0n) is 28.0. The summed E-state index contributed by atoms with van der Waals surface area (Å²) >= 11 is 0. The van der Waals surface area contributed by atoms with Gasteiger partial charge in [0.25, 0.3) is 11.3 Å². The molecule has 1 aromatic heterocycles. The van der Waals surface area contributed by atoms with E-state index in [-0.39, 0.29) is 47.7 Å². The summed E-state index contributed by atoms with van der Waals surface area (Å²) in [5.74, 6) is -1.64. The Balaban J connectivity index is 1.80. The van der Waals surface area contributed by atoms with E-state index in [4.69, 9.17) is 27.2 Å². The standard InChI is InChI=1S/C32H50N2O9Si2/c1-11-39-32-19-40-44(21(2)3,22(4)5)43-45(23(6)7,24(8)9)42-28(32)27(35)30(41-32)33-17-25(10)29(36)34(31(33)37)20-38-18-26-15-13-12-14-16-26/h11-17,21-24,27-28,30,35H,1,18-20H2,2-10H3/t27-,28?,30+,32+/m0/s1. The zero-order valence-corrected chi connectivity index (χ0v) is 30.0. The van der Waals surface area contributed by atoms with E-state index in [1.165, 1.54) is 17.0 Å². The van der Waals surface area contributed by atoms with Gasteiger partial charge in [0.05, 0.1) is 12.9 Å². The molecule has 4 atom stereocenters. The van der Waals surface area contributed by atoms with E-state index in [1.54, 1.807) is 6.92 Å². The van der Waals surface area contributed by atoms with E-state index in [2.05, 4.69) is 62.0 Å². The molecule has 0 radical (unpaired) electrons. The molecule has 45 heavy (non-hydrogen) atoms. The molecule has 2 aromatic rings. The number of aryl methyl sites for hydroxylation is 1. The number of rotatable bonds is 11. The van der Waals surface area contributed by atoms with Crippen molar-refractivity contribution in [1.82, 2.24) is 9.13 Å². The van der Waals surface area contributed by atoms with Crippen LogP contribution in [0.5, 0.6) is 0 Å². The minimum atomic E-state index is -3.19. The molecular formula is C32H50N2O9Si2. The van der Waals surface area contributed by atoms with Gasteiger partial charge in [-0.3, -0.25) is 9.36 Å². The summed E-state index contributed by atoms with van der Waals surface area (Å²) < 4.78 is 41.8. The lowest BCUT2D eigenvalue weighted by atomic mass is 10.1. The van der Waals surface area contributed by atoms with Gasteiger partial charge in [0.15, 0.2) is 6.23 Å². The SMILES string of the molecule is C=CO[C@@]12CO[Si](C(C)C)(C(C)C)O[Si](C(C)C)(C(C)C)OC1[C@H](O)[C@H](n1cc(C)c(=O)n(COCc3ccccc3)c1=O)O2. The van der Waals surface area contributed by atoms with Gasteiger partial charge in [0, 0.05) is 11.8 Å². The van der Waals surface area contributed by atoms with Crippen LogP contribution in [0.4, 0.5) is 0 Å². The van der Waals surface area contributed by atoms with Crippen molar-refractivity contribution < 1.29 is 32.3 Å². The lowest BCUT2D eigenvalue weighted by Crippen LogP contribution is -2.68. The first kappa shape index (κ1) is 35.5. The highest BCUT2D eigenvalue weighted by Crippen LogP contribution is 2.51. The van der Waals surface area contributed by atoms with Gasteiger partial charge in [-0.2, -0.15) is 0 Å². The molecule has 2 aliphatic rings. The maximum Gasteiger partial charge on any atom is 0.335 e. The number of aliphatic hydroxyl groups is 1. The molecule has 0 saturated carbocycles. The monoisotopic (exact) mass is 662 g/mol. The molecule has 2 fully saturated rings. The fourth-order valence-electron chi connectivity index (χ4n) is 6.53. The Bertz CT molecular complexity index is 1430. The second-order valence-corrected chi connectivity index (χ2v) is 22.1. The smallest absolute Gasteiger partial charge is 0.335 e. The van der Waals surface area contributed by atoms with Crippen molar-refractivity contribution in [2.75, 3.05) is 6.61 Å². The molecule has 0 amide bonds. The van der Waals surface area contributed by atoms with Crippen molar-refractivity contribution in [3.63, 3.8) is 0 Å². The summed E-state index contributed by atoms with van der Waals surface area (Å²) in [6, 6.07) is 9.46. The number of hydrogen-bond acceptors (Lipinski definition) is 9. The van der Waals surface area contributed by atoms with E-state index >= 15 is 0 Å². The van der Waals surface area contributed by atoms with E-state index < -0.39 is 52.6 Å². The van der Waals surface area contributed by atoms with E-state index in [9.17, 15) is 14.7 Å². The number of ether oxygens (including phenoxy) is 3. The predicted octanol–water partition coefficient (Wildman–Crippen LogP) is 5.20. The van der Waals surface area contributed by atoms with Crippen LogP contribution in [0.15, 0.2) is 59.0 Å². The van der Waals surface area contributed by atoms with Crippen LogP contribution in [-0.4, -0.2) is 56.0 Å². The first-order chi connectivity index (χ1) is 21.2. The van der Waals surface area contributed by atoms with Gasteiger partial charge in [-0.1, -0.05) is 92.3 Å². The quantitative estimate of drug-likeness (QED) is 0.256. The van der Waals surface area contributed by atoms with E-state index in [0.29, 0.717) is 0 Å². The Morgan fingerprint density at radius 3 is 2.18 bits per heavy atom. The maximum absolute atomic E-state index is 13.9. The Labute approximate surface area is 268 Å². The molecule has 2 saturated heterocycles. The topological polar surface area (TPSA) is 120 Å². The van der Waals surface area contributed by atoms with E-state index in [1.807, 2.05) is 30.3 Å². The van der Waals surface area contributed by atoms with Crippen LogP contribution >= 0.6 is 0 Å². The number of benzene rings is 1. The second kappa shape index (κ2) is 13.8. The highest BCUT2D eigenvalue weighted by Gasteiger charge is 2.67. The highest BCUT2D eigenvalue weighted by molar-refractivity contribution is 6.84. The fraction of sp³-hybridized carbons (Fsp3) is 0.625. The first-order valence-electron chi connectivity index (χ1n) is 15.8. The van der Waals surface area contributed by atoms with Gasteiger partial charge in [-0.25, -0.2) is 9.36 Å². The molecule has 11 nitrogen and oxygen atoms in total. The minimum Gasteiger partial charge on any atom is -0.465 e. The summed E-state index contributed by atoms with van der Waals surface area (Å²) in [6.45, 7) is 21.9. The Morgan fingerprint density at radius 2 is 1.62 bits per heavy atom. The Kier molecular flexibility index (Phi) is 10.9. The molecule has 0 spiro atoms. The van der Waals surface area contributed by atoms with Crippen molar-refractivity contribution in [2.24, 2.45) is 0 Å². The average molecular weight is 663 g/mol. The fourth-order valence-corrected chi connectivity index (χ4v) is 17.7. The molecule has 0 bridgehead atoms. The summed E-state index contributed by atoms with van der Waals surface area (Å²) in [7, 11) is -6.18. The molecule has 1 unspecified atom stereocenters. The molecule has 4 rings (SSSR count). The molecule has 1 N–H and O–H groups in total. The van der Waals surface area contributed by atoms with Crippen molar-refractivity contribution in [3.8, 4) is 0 Å². The van der Waals surface area contributed by atoms with Gasteiger partial charge in [0.2, 0.25) is 0 Å². The maximum atomic E-state index is 13.9. The van der Waals surface area contributed by atoms with Gasteiger partial charge < -0.3 is 32.3 Å². The van der Waals surface area contributed by atoms with Crippen molar-refractivity contribution in [2.45, 2.75) is 122 Å². The normalized spacial score (nSPS) is 26.2. The third-order valence-electron chi connectivity index (χ3n) is 8.96. The highest BCUT2D eigenvalue weighted by atomic mass is 28.5. The minimum absolute atomic E-state index is 0.0232. The molecule has 1 aromatic carbocycles. The van der Waals surface area contributed by atoms with Gasteiger partial charge in [-0.15, -0.1) is 0 Å². The van der Waals surface area contributed by atoms with Gasteiger partial charge in [0.1, 0.15) is 25.5 Å². The average Bonchev–Trinajstić information content (AvgIpc) is 3.23. The number of aliphatic hydroxyl groups excluding tert-OH is 1. The van der Waals surface area contributed by atoms with Crippen LogP contribution in [0.3, 0.4) is 0 Å². The Hall–Kier alpha value is -2.37. The largest absolute Gasteiger partial charge is 0.465 e. The van der Waals surface area contributed by atoms with Gasteiger partial charge in [-0.05, 0) is 34.7 Å².